The summed E-state index contributed by atoms with van der Waals surface area (Å²) in [6, 6.07) is 7.72. The Bertz CT molecular complexity index is 460. The third kappa shape index (κ3) is 4.22. The van der Waals surface area contributed by atoms with Gasteiger partial charge in [-0.25, -0.2) is 0 Å². The minimum atomic E-state index is -0.256. The zero-order valence-corrected chi connectivity index (χ0v) is 12.9. The van der Waals surface area contributed by atoms with E-state index in [9.17, 15) is 0 Å². The number of hydrogen-bond acceptors (Lipinski definition) is 4. The highest BCUT2D eigenvalue weighted by Crippen LogP contribution is 2.29. The maximum absolute atomic E-state index is 5.83. The lowest BCUT2D eigenvalue weighted by molar-refractivity contribution is -0.207. The molecule has 0 spiro atoms. The first-order valence-electron chi connectivity index (χ1n) is 7.14. The van der Waals surface area contributed by atoms with Gasteiger partial charge in [-0.1, -0.05) is 32.4 Å². The Morgan fingerprint density at radius 3 is 2.50 bits per heavy atom. The number of ether oxygens (including phenoxy) is 2. The third-order valence-electron chi connectivity index (χ3n) is 3.74. The Kier molecular flexibility index (Phi) is 5.86. The third-order valence-corrected chi connectivity index (χ3v) is 3.83. The van der Waals surface area contributed by atoms with Gasteiger partial charge in [0.1, 0.15) is 0 Å². The Morgan fingerprint density at radius 2 is 1.95 bits per heavy atom. The fraction of sp³-hybridized carbons (Fsp3) is 0.562. The Hall–Kier alpha value is -1.06. The molecule has 1 aliphatic heterocycles. The number of isothiocyanates is 1. The van der Waals surface area contributed by atoms with Gasteiger partial charge in [-0.15, -0.1) is 0 Å². The molecule has 0 aromatic heterocycles. The monoisotopic (exact) mass is 291 g/mol. The molecule has 0 bridgehead atoms. The number of rotatable bonds is 5. The van der Waals surface area contributed by atoms with Crippen LogP contribution >= 0.6 is 12.2 Å². The predicted octanol–water partition coefficient (Wildman–Crippen LogP) is 4.52. The fourth-order valence-corrected chi connectivity index (χ4v) is 2.47. The van der Waals surface area contributed by atoms with Crippen LogP contribution in [0.25, 0.3) is 0 Å². The Morgan fingerprint density at radius 1 is 1.30 bits per heavy atom. The molecule has 2 rings (SSSR count). The van der Waals surface area contributed by atoms with Gasteiger partial charge < -0.3 is 9.47 Å². The summed E-state index contributed by atoms with van der Waals surface area (Å²) < 4.78 is 11.7. The zero-order chi connectivity index (χ0) is 14.4. The minimum absolute atomic E-state index is 0.256. The van der Waals surface area contributed by atoms with Gasteiger partial charge in [-0.05, 0) is 36.7 Å². The summed E-state index contributed by atoms with van der Waals surface area (Å²) >= 11 is 4.58. The molecule has 1 heterocycles. The van der Waals surface area contributed by atoms with Gasteiger partial charge in [0.05, 0.1) is 24.1 Å². The maximum atomic E-state index is 5.83. The fourth-order valence-electron chi connectivity index (χ4n) is 2.37. The van der Waals surface area contributed by atoms with Crippen LogP contribution in [0.15, 0.2) is 29.3 Å². The van der Waals surface area contributed by atoms with E-state index in [1.807, 2.05) is 24.3 Å². The summed E-state index contributed by atoms with van der Waals surface area (Å²) in [5.74, 6) is 1.25. The summed E-state index contributed by atoms with van der Waals surface area (Å²) in [7, 11) is 0. The quantitative estimate of drug-likeness (QED) is 0.590. The average Bonchev–Trinajstić information content (AvgIpc) is 2.49. The van der Waals surface area contributed by atoms with Crippen molar-refractivity contribution in [2.45, 2.75) is 33.0 Å². The van der Waals surface area contributed by atoms with Crippen molar-refractivity contribution >= 4 is 23.1 Å². The first-order valence-corrected chi connectivity index (χ1v) is 7.54. The van der Waals surface area contributed by atoms with Crippen LogP contribution in [0.3, 0.4) is 0 Å². The van der Waals surface area contributed by atoms with Crippen molar-refractivity contribution in [3.63, 3.8) is 0 Å². The van der Waals surface area contributed by atoms with Crippen molar-refractivity contribution in [3.05, 3.63) is 29.8 Å². The van der Waals surface area contributed by atoms with Crippen molar-refractivity contribution in [3.8, 4) is 0 Å². The normalized spacial score (nSPS) is 23.9. The summed E-state index contributed by atoms with van der Waals surface area (Å²) in [6.07, 6.45) is 2.13. The molecule has 0 radical (unpaired) electrons. The predicted molar refractivity (Wildman–Crippen MR) is 83.3 cm³/mol. The molecular weight excluding hydrogens is 270 g/mol. The summed E-state index contributed by atoms with van der Waals surface area (Å²) in [5, 5.41) is 2.36. The van der Waals surface area contributed by atoms with E-state index in [2.05, 4.69) is 36.2 Å². The van der Waals surface area contributed by atoms with Crippen molar-refractivity contribution in [2.24, 2.45) is 16.8 Å². The van der Waals surface area contributed by atoms with Gasteiger partial charge in [0.2, 0.25) is 0 Å². The molecule has 20 heavy (non-hydrogen) atoms. The van der Waals surface area contributed by atoms with Gasteiger partial charge in [0, 0.05) is 11.5 Å². The van der Waals surface area contributed by atoms with Crippen molar-refractivity contribution < 1.29 is 9.47 Å². The van der Waals surface area contributed by atoms with Crippen LogP contribution in [0.5, 0.6) is 0 Å². The lowest BCUT2D eigenvalue weighted by atomic mass is 9.94. The highest BCUT2D eigenvalue weighted by atomic mass is 32.1. The van der Waals surface area contributed by atoms with E-state index >= 15 is 0 Å². The van der Waals surface area contributed by atoms with Crippen LogP contribution in [0.1, 0.15) is 38.5 Å². The summed E-state index contributed by atoms with van der Waals surface area (Å²) in [4.78, 5) is 3.93. The SMILES string of the molecule is CCC(C)C[C@H]1CO[C@H](c2ccc(N=C=S)cc2)OC1. The van der Waals surface area contributed by atoms with Gasteiger partial charge in [-0.2, -0.15) is 4.99 Å². The maximum Gasteiger partial charge on any atom is 0.183 e. The van der Waals surface area contributed by atoms with Gasteiger partial charge in [0.15, 0.2) is 6.29 Å². The molecule has 3 nitrogen and oxygen atoms in total. The van der Waals surface area contributed by atoms with Crippen LogP contribution in [-0.4, -0.2) is 18.4 Å². The van der Waals surface area contributed by atoms with E-state index in [1.165, 1.54) is 12.8 Å². The minimum Gasteiger partial charge on any atom is -0.348 e. The average molecular weight is 291 g/mol. The van der Waals surface area contributed by atoms with Crippen LogP contribution in [0, 0.1) is 11.8 Å². The Labute approximate surface area is 126 Å². The molecule has 0 saturated carbocycles. The van der Waals surface area contributed by atoms with Crippen molar-refractivity contribution in [1.82, 2.24) is 0 Å². The molecule has 1 unspecified atom stereocenters. The van der Waals surface area contributed by atoms with E-state index in [0.717, 1.165) is 30.4 Å². The molecule has 1 atom stereocenters. The van der Waals surface area contributed by atoms with Crippen LogP contribution in [0.4, 0.5) is 5.69 Å². The van der Waals surface area contributed by atoms with E-state index in [-0.39, 0.29) is 6.29 Å². The topological polar surface area (TPSA) is 30.8 Å². The molecule has 1 aromatic carbocycles. The lowest BCUT2D eigenvalue weighted by Gasteiger charge is -2.30. The summed E-state index contributed by atoms with van der Waals surface area (Å²) in [6.45, 7) is 6.05. The molecule has 4 heteroatoms. The first-order chi connectivity index (χ1) is 9.72. The second kappa shape index (κ2) is 7.65. The molecule has 108 valence electrons. The molecule has 1 saturated heterocycles. The molecule has 0 amide bonds. The van der Waals surface area contributed by atoms with E-state index in [4.69, 9.17) is 9.47 Å². The molecule has 1 aromatic rings. The van der Waals surface area contributed by atoms with Crippen LogP contribution in [-0.2, 0) is 9.47 Å². The first kappa shape index (κ1) is 15.3. The Balaban J connectivity index is 1.88. The van der Waals surface area contributed by atoms with Gasteiger partial charge in [0.25, 0.3) is 0 Å². The molecule has 1 aliphatic rings. The molecule has 0 N–H and O–H groups in total. The van der Waals surface area contributed by atoms with Crippen LogP contribution in [0.2, 0.25) is 0 Å². The number of benzene rings is 1. The second-order valence-corrected chi connectivity index (χ2v) is 5.59. The highest BCUT2D eigenvalue weighted by Gasteiger charge is 2.24. The van der Waals surface area contributed by atoms with E-state index < -0.39 is 0 Å². The molecule has 1 fully saturated rings. The number of nitrogens with zero attached hydrogens (tertiary/aromatic N) is 1. The van der Waals surface area contributed by atoms with Gasteiger partial charge >= 0.3 is 0 Å². The van der Waals surface area contributed by atoms with Crippen LogP contribution < -0.4 is 0 Å². The van der Waals surface area contributed by atoms with E-state index in [0.29, 0.717) is 5.92 Å². The zero-order valence-electron chi connectivity index (χ0n) is 12.0. The number of thiocarbonyl (C=S) groups is 1. The number of hydrogen-bond donors (Lipinski definition) is 0. The number of aliphatic imine (C=N–C) groups is 1. The largest absolute Gasteiger partial charge is 0.348 e. The standard InChI is InChI=1S/C16H21NO2S/c1-3-12(2)8-13-9-18-16(19-10-13)14-4-6-15(7-5-14)17-11-20/h4-7,12-13,16H,3,8-10H2,1-2H3/t12?,13-,16-. The summed E-state index contributed by atoms with van der Waals surface area (Å²) in [5.41, 5.74) is 1.82. The smallest absolute Gasteiger partial charge is 0.183 e. The van der Waals surface area contributed by atoms with Gasteiger partial charge in [-0.3, -0.25) is 0 Å². The molecular formula is C16H21NO2S. The van der Waals surface area contributed by atoms with Crippen molar-refractivity contribution in [2.75, 3.05) is 13.2 Å². The van der Waals surface area contributed by atoms with E-state index in [1.54, 1.807) is 0 Å². The highest BCUT2D eigenvalue weighted by molar-refractivity contribution is 7.78. The molecule has 0 aliphatic carbocycles. The second-order valence-electron chi connectivity index (χ2n) is 5.41. The van der Waals surface area contributed by atoms with Crippen molar-refractivity contribution in [1.29, 1.82) is 0 Å². The lowest BCUT2D eigenvalue weighted by Crippen LogP contribution is -2.28.